The molecule has 0 fully saturated rings. The Bertz CT molecular complexity index is 587. The van der Waals surface area contributed by atoms with Crippen molar-refractivity contribution >= 4 is 34.5 Å². The molecule has 1 unspecified atom stereocenters. The average molecular weight is 342 g/mol. The SMILES string of the molecule is CCCNC(Cc1ccc(Cl)cc1Cl)c1cc(C)c(C)s1. The van der Waals surface area contributed by atoms with Crippen LogP contribution in [0, 0.1) is 13.8 Å². The summed E-state index contributed by atoms with van der Waals surface area (Å²) in [6.45, 7) is 7.53. The molecule has 1 nitrogen and oxygen atoms in total. The van der Waals surface area contributed by atoms with E-state index in [-0.39, 0.29) is 0 Å². The first kappa shape index (κ1) is 16.8. The van der Waals surface area contributed by atoms with E-state index in [2.05, 4.69) is 32.2 Å². The van der Waals surface area contributed by atoms with Gasteiger partial charge in [-0.3, -0.25) is 0 Å². The van der Waals surface area contributed by atoms with Gasteiger partial charge in [0, 0.05) is 25.8 Å². The number of nitrogens with one attached hydrogen (secondary N) is 1. The first-order valence-electron chi connectivity index (χ1n) is 7.25. The largest absolute Gasteiger partial charge is 0.309 e. The minimum absolute atomic E-state index is 0.307. The first-order valence-corrected chi connectivity index (χ1v) is 8.82. The summed E-state index contributed by atoms with van der Waals surface area (Å²) in [6.07, 6.45) is 2.00. The lowest BCUT2D eigenvalue weighted by atomic mass is 10.0. The Morgan fingerprint density at radius 2 is 1.95 bits per heavy atom. The lowest BCUT2D eigenvalue weighted by Gasteiger charge is -2.18. The molecule has 0 amide bonds. The Hall–Kier alpha value is -0.540. The lowest BCUT2D eigenvalue weighted by molar-refractivity contribution is 0.536. The molecule has 21 heavy (non-hydrogen) atoms. The van der Waals surface area contributed by atoms with Gasteiger partial charge in [0.05, 0.1) is 0 Å². The van der Waals surface area contributed by atoms with Crippen LogP contribution in [-0.2, 0) is 6.42 Å². The molecule has 1 atom stereocenters. The molecule has 0 saturated carbocycles. The van der Waals surface area contributed by atoms with E-state index < -0.39 is 0 Å². The van der Waals surface area contributed by atoms with Gasteiger partial charge in [-0.15, -0.1) is 11.3 Å². The Kier molecular flexibility index (Phi) is 6.12. The van der Waals surface area contributed by atoms with Crippen molar-refractivity contribution in [3.63, 3.8) is 0 Å². The van der Waals surface area contributed by atoms with Gasteiger partial charge in [-0.2, -0.15) is 0 Å². The molecular weight excluding hydrogens is 321 g/mol. The van der Waals surface area contributed by atoms with E-state index in [9.17, 15) is 0 Å². The van der Waals surface area contributed by atoms with Crippen LogP contribution in [-0.4, -0.2) is 6.54 Å². The number of thiophene rings is 1. The van der Waals surface area contributed by atoms with Crippen molar-refractivity contribution in [2.24, 2.45) is 0 Å². The summed E-state index contributed by atoms with van der Waals surface area (Å²) in [6, 6.07) is 8.35. The zero-order valence-electron chi connectivity index (χ0n) is 12.7. The van der Waals surface area contributed by atoms with Crippen LogP contribution in [0.3, 0.4) is 0 Å². The lowest BCUT2D eigenvalue weighted by Crippen LogP contribution is -2.23. The van der Waals surface area contributed by atoms with Crippen LogP contribution in [0.25, 0.3) is 0 Å². The van der Waals surface area contributed by atoms with Crippen molar-refractivity contribution in [2.75, 3.05) is 6.54 Å². The summed E-state index contributed by atoms with van der Waals surface area (Å²) in [7, 11) is 0. The molecular formula is C17H21Cl2NS. The predicted molar refractivity (Wildman–Crippen MR) is 95.0 cm³/mol. The smallest absolute Gasteiger partial charge is 0.0456 e. The number of rotatable bonds is 6. The summed E-state index contributed by atoms with van der Waals surface area (Å²) in [4.78, 5) is 2.76. The topological polar surface area (TPSA) is 12.0 Å². The van der Waals surface area contributed by atoms with Crippen molar-refractivity contribution in [1.29, 1.82) is 0 Å². The van der Waals surface area contributed by atoms with Crippen molar-refractivity contribution in [2.45, 2.75) is 39.7 Å². The minimum atomic E-state index is 0.307. The maximum Gasteiger partial charge on any atom is 0.0456 e. The molecule has 0 aliphatic carbocycles. The third-order valence-corrected chi connectivity index (χ3v) is 5.46. The Balaban J connectivity index is 2.23. The highest BCUT2D eigenvalue weighted by molar-refractivity contribution is 7.12. The fraction of sp³-hybridized carbons (Fsp3) is 0.412. The first-order chi connectivity index (χ1) is 10.0. The van der Waals surface area contributed by atoms with Crippen LogP contribution in [0.5, 0.6) is 0 Å². The van der Waals surface area contributed by atoms with Crippen LogP contribution >= 0.6 is 34.5 Å². The monoisotopic (exact) mass is 341 g/mol. The van der Waals surface area contributed by atoms with Gasteiger partial charge in [-0.1, -0.05) is 36.2 Å². The Morgan fingerprint density at radius 1 is 1.19 bits per heavy atom. The van der Waals surface area contributed by atoms with Crippen molar-refractivity contribution in [1.82, 2.24) is 5.32 Å². The molecule has 0 aliphatic heterocycles. The van der Waals surface area contributed by atoms with Crippen LogP contribution in [0.1, 0.15) is 40.3 Å². The number of hydrogen-bond donors (Lipinski definition) is 1. The van der Waals surface area contributed by atoms with Gasteiger partial charge >= 0.3 is 0 Å². The zero-order chi connectivity index (χ0) is 15.4. The molecule has 0 spiro atoms. The fourth-order valence-electron chi connectivity index (χ4n) is 2.27. The third kappa shape index (κ3) is 4.46. The Labute approximate surface area is 141 Å². The van der Waals surface area contributed by atoms with Crippen LogP contribution < -0.4 is 5.32 Å². The highest BCUT2D eigenvalue weighted by Crippen LogP contribution is 2.31. The van der Waals surface area contributed by atoms with Gasteiger partial charge in [0.2, 0.25) is 0 Å². The van der Waals surface area contributed by atoms with Gasteiger partial charge in [0.1, 0.15) is 0 Å². The maximum absolute atomic E-state index is 6.32. The molecule has 2 rings (SSSR count). The summed E-state index contributed by atoms with van der Waals surface area (Å²) < 4.78 is 0. The zero-order valence-corrected chi connectivity index (χ0v) is 15.0. The van der Waals surface area contributed by atoms with E-state index in [0.717, 1.165) is 30.0 Å². The normalized spacial score (nSPS) is 12.6. The molecule has 1 aromatic heterocycles. The van der Waals surface area contributed by atoms with Crippen LogP contribution in [0.2, 0.25) is 10.0 Å². The van der Waals surface area contributed by atoms with Gasteiger partial charge in [0.25, 0.3) is 0 Å². The molecule has 1 heterocycles. The molecule has 4 heteroatoms. The van der Waals surface area contributed by atoms with Crippen LogP contribution in [0.15, 0.2) is 24.3 Å². The highest BCUT2D eigenvalue weighted by atomic mass is 35.5. The van der Waals surface area contributed by atoms with Gasteiger partial charge in [-0.25, -0.2) is 0 Å². The van der Waals surface area contributed by atoms with E-state index in [4.69, 9.17) is 23.2 Å². The number of hydrogen-bond acceptors (Lipinski definition) is 2. The fourth-order valence-corrected chi connectivity index (χ4v) is 3.88. The molecule has 0 saturated heterocycles. The van der Waals surface area contributed by atoms with Crippen molar-refractivity contribution in [3.8, 4) is 0 Å². The summed E-state index contributed by atoms with van der Waals surface area (Å²) in [5.41, 5.74) is 2.50. The third-order valence-electron chi connectivity index (χ3n) is 3.61. The van der Waals surface area contributed by atoms with E-state index in [1.165, 1.54) is 15.3 Å². The molecule has 0 aliphatic rings. The van der Waals surface area contributed by atoms with E-state index in [0.29, 0.717) is 11.1 Å². The highest BCUT2D eigenvalue weighted by Gasteiger charge is 2.16. The summed E-state index contributed by atoms with van der Waals surface area (Å²) in [5, 5.41) is 5.07. The Morgan fingerprint density at radius 3 is 2.52 bits per heavy atom. The maximum atomic E-state index is 6.32. The van der Waals surface area contributed by atoms with E-state index >= 15 is 0 Å². The quantitative estimate of drug-likeness (QED) is 0.683. The summed E-state index contributed by atoms with van der Waals surface area (Å²) in [5.74, 6) is 0. The number of halogens is 2. The number of aryl methyl sites for hydroxylation is 2. The summed E-state index contributed by atoms with van der Waals surface area (Å²) >= 11 is 14.2. The number of benzene rings is 1. The average Bonchev–Trinajstić information content (AvgIpc) is 2.77. The second-order valence-corrected chi connectivity index (χ2v) is 7.47. The molecule has 0 bridgehead atoms. The van der Waals surface area contributed by atoms with Crippen molar-refractivity contribution in [3.05, 3.63) is 55.2 Å². The van der Waals surface area contributed by atoms with Gasteiger partial charge in [0.15, 0.2) is 0 Å². The van der Waals surface area contributed by atoms with Gasteiger partial charge in [-0.05, 0) is 62.6 Å². The van der Waals surface area contributed by atoms with E-state index in [1.54, 1.807) is 0 Å². The molecule has 114 valence electrons. The molecule has 2 aromatic rings. The minimum Gasteiger partial charge on any atom is -0.309 e. The molecule has 0 radical (unpaired) electrons. The second kappa shape index (κ2) is 7.64. The van der Waals surface area contributed by atoms with Crippen LogP contribution in [0.4, 0.5) is 0 Å². The molecule has 1 aromatic carbocycles. The van der Waals surface area contributed by atoms with Gasteiger partial charge < -0.3 is 5.32 Å². The predicted octanol–water partition coefficient (Wildman–Crippen LogP) is 5.96. The van der Waals surface area contributed by atoms with Crippen molar-refractivity contribution < 1.29 is 0 Å². The standard InChI is InChI=1S/C17H21Cl2NS/c1-4-7-20-16(17-8-11(2)12(3)21-17)9-13-5-6-14(18)10-15(13)19/h5-6,8,10,16,20H,4,7,9H2,1-3H3. The molecule has 1 N–H and O–H groups in total. The van der Waals surface area contributed by atoms with E-state index in [1.807, 2.05) is 29.5 Å². The second-order valence-electron chi connectivity index (χ2n) is 5.33.